The minimum Gasteiger partial charge on any atom is -0.396 e. The van der Waals surface area contributed by atoms with Crippen molar-refractivity contribution in [2.24, 2.45) is 0 Å². The lowest BCUT2D eigenvalue weighted by Gasteiger charge is -2.14. The summed E-state index contributed by atoms with van der Waals surface area (Å²) in [4.78, 5) is 0. The molecule has 0 radical (unpaired) electrons. The van der Waals surface area contributed by atoms with Gasteiger partial charge in [-0.2, -0.15) is 5.10 Å². The van der Waals surface area contributed by atoms with E-state index in [-0.39, 0.29) is 12.5 Å². The van der Waals surface area contributed by atoms with E-state index in [1.54, 1.807) is 0 Å². The summed E-state index contributed by atoms with van der Waals surface area (Å²) in [5.74, 6) is 0.121. The zero-order valence-corrected chi connectivity index (χ0v) is 11.9. The van der Waals surface area contributed by atoms with Crippen molar-refractivity contribution >= 4 is 0 Å². The molecule has 3 heteroatoms. The Morgan fingerprint density at radius 1 is 1.26 bits per heavy atom. The van der Waals surface area contributed by atoms with E-state index < -0.39 is 0 Å². The van der Waals surface area contributed by atoms with Crippen molar-refractivity contribution in [3.05, 3.63) is 53.3 Å². The molecule has 0 aliphatic rings. The van der Waals surface area contributed by atoms with Gasteiger partial charge in [-0.3, -0.25) is 4.68 Å². The molecule has 0 fully saturated rings. The molecule has 19 heavy (non-hydrogen) atoms. The van der Waals surface area contributed by atoms with E-state index >= 15 is 0 Å². The van der Waals surface area contributed by atoms with Gasteiger partial charge in [0.2, 0.25) is 0 Å². The van der Waals surface area contributed by atoms with E-state index in [0.717, 1.165) is 12.1 Å². The number of hydrogen-bond acceptors (Lipinski definition) is 2. The Balaban J connectivity index is 2.14. The second kappa shape index (κ2) is 6.02. The molecule has 2 aromatic rings. The topological polar surface area (TPSA) is 38.0 Å². The van der Waals surface area contributed by atoms with Gasteiger partial charge in [-0.05, 0) is 32.4 Å². The van der Waals surface area contributed by atoms with E-state index in [1.807, 2.05) is 23.0 Å². The molecule has 0 saturated heterocycles. The van der Waals surface area contributed by atoms with Crippen LogP contribution in [0.4, 0.5) is 0 Å². The summed E-state index contributed by atoms with van der Waals surface area (Å²) in [6, 6.07) is 10.7. The third-order valence-electron chi connectivity index (χ3n) is 3.38. The minimum absolute atomic E-state index is 0.121. The zero-order chi connectivity index (χ0) is 13.8. The van der Waals surface area contributed by atoms with Crippen LogP contribution in [0.5, 0.6) is 0 Å². The number of aliphatic hydroxyl groups is 1. The molecule has 1 unspecified atom stereocenters. The number of benzene rings is 1. The molecule has 1 aromatic carbocycles. The maximum atomic E-state index is 9.61. The molecule has 0 aliphatic heterocycles. The van der Waals surface area contributed by atoms with Gasteiger partial charge in [0, 0.05) is 24.6 Å². The predicted molar refractivity (Wildman–Crippen MR) is 77.3 cm³/mol. The summed E-state index contributed by atoms with van der Waals surface area (Å²) in [5, 5.41) is 14.2. The highest BCUT2D eigenvalue weighted by Gasteiger charge is 2.13. The van der Waals surface area contributed by atoms with Crippen molar-refractivity contribution in [2.75, 3.05) is 6.61 Å². The van der Waals surface area contributed by atoms with Crippen molar-refractivity contribution in [3.63, 3.8) is 0 Å². The maximum absolute atomic E-state index is 9.61. The van der Waals surface area contributed by atoms with E-state index in [2.05, 4.69) is 44.1 Å². The summed E-state index contributed by atoms with van der Waals surface area (Å²) < 4.78 is 1.96. The molecule has 0 aliphatic carbocycles. The molecule has 1 aromatic heterocycles. The largest absolute Gasteiger partial charge is 0.396 e. The van der Waals surface area contributed by atoms with Crippen LogP contribution in [0.15, 0.2) is 36.5 Å². The Hall–Kier alpha value is -1.61. The molecule has 2 rings (SSSR count). The van der Waals surface area contributed by atoms with Crippen molar-refractivity contribution in [1.82, 2.24) is 9.78 Å². The first kappa shape index (κ1) is 13.8. The van der Waals surface area contributed by atoms with Gasteiger partial charge in [-0.15, -0.1) is 0 Å². The quantitative estimate of drug-likeness (QED) is 0.895. The van der Waals surface area contributed by atoms with Crippen LogP contribution in [0, 0.1) is 6.92 Å². The van der Waals surface area contributed by atoms with E-state index in [9.17, 15) is 5.11 Å². The average Bonchev–Trinajstić information content (AvgIpc) is 2.84. The number of aliphatic hydroxyl groups excluding tert-OH is 1. The molecule has 0 amide bonds. The highest BCUT2D eigenvalue weighted by Crippen LogP contribution is 2.21. The number of aryl methyl sites for hydroxylation is 1. The van der Waals surface area contributed by atoms with E-state index in [4.69, 9.17) is 0 Å². The molecule has 102 valence electrons. The van der Waals surface area contributed by atoms with Gasteiger partial charge in [0.05, 0.1) is 12.3 Å². The number of nitrogens with zero attached hydrogens (tertiary/aromatic N) is 2. The first-order valence-corrected chi connectivity index (χ1v) is 6.81. The van der Waals surface area contributed by atoms with Crippen LogP contribution in [-0.4, -0.2) is 21.5 Å². The van der Waals surface area contributed by atoms with Crippen LogP contribution < -0.4 is 0 Å². The van der Waals surface area contributed by atoms with Crippen LogP contribution in [0.3, 0.4) is 0 Å². The van der Waals surface area contributed by atoms with Crippen molar-refractivity contribution in [1.29, 1.82) is 0 Å². The molecule has 1 heterocycles. The van der Waals surface area contributed by atoms with Gasteiger partial charge in [0.25, 0.3) is 0 Å². The van der Waals surface area contributed by atoms with Crippen LogP contribution in [-0.2, 0) is 6.42 Å². The summed E-state index contributed by atoms with van der Waals surface area (Å²) in [6.45, 7) is 6.45. The average molecular weight is 258 g/mol. The monoisotopic (exact) mass is 258 g/mol. The Bertz CT molecular complexity index is 531. The maximum Gasteiger partial charge on any atom is 0.0631 e. The molecular weight excluding hydrogens is 236 g/mol. The SMILES string of the molecule is Cc1cccc(C(CO)Cc2ccn(C(C)C)n2)c1. The highest BCUT2D eigenvalue weighted by molar-refractivity contribution is 5.26. The van der Waals surface area contributed by atoms with Crippen LogP contribution in [0.2, 0.25) is 0 Å². The molecule has 0 saturated carbocycles. The third-order valence-corrected chi connectivity index (χ3v) is 3.38. The van der Waals surface area contributed by atoms with Gasteiger partial charge in [-0.1, -0.05) is 29.8 Å². The Labute approximate surface area is 114 Å². The fourth-order valence-corrected chi connectivity index (χ4v) is 2.24. The van der Waals surface area contributed by atoms with Gasteiger partial charge >= 0.3 is 0 Å². The third kappa shape index (κ3) is 3.44. The second-order valence-corrected chi connectivity index (χ2v) is 5.38. The highest BCUT2D eigenvalue weighted by atomic mass is 16.3. The Morgan fingerprint density at radius 2 is 2.05 bits per heavy atom. The lowest BCUT2D eigenvalue weighted by atomic mass is 9.94. The van der Waals surface area contributed by atoms with Gasteiger partial charge in [0.15, 0.2) is 0 Å². The van der Waals surface area contributed by atoms with Crippen LogP contribution >= 0.6 is 0 Å². The van der Waals surface area contributed by atoms with Gasteiger partial charge < -0.3 is 5.11 Å². The first-order chi connectivity index (χ1) is 9.10. The summed E-state index contributed by atoms with van der Waals surface area (Å²) in [6.07, 6.45) is 2.78. The van der Waals surface area contributed by atoms with Crippen molar-refractivity contribution in [3.8, 4) is 0 Å². The van der Waals surface area contributed by atoms with E-state index in [1.165, 1.54) is 11.1 Å². The van der Waals surface area contributed by atoms with Crippen LogP contribution in [0.25, 0.3) is 0 Å². The lowest BCUT2D eigenvalue weighted by molar-refractivity contribution is 0.263. The number of aromatic nitrogens is 2. The van der Waals surface area contributed by atoms with Crippen molar-refractivity contribution < 1.29 is 5.11 Å². The molecule has 1 N–H and O–H groups in total. The number of hydrogen-bond donors (Lipinski definition) is 1. The predicted octanol–water partition coefficient (Wildman–Crippen LogP) is 3.09. The summed E-state index contributed by atoms with van der Waals surface area (Å²) >= 11 is 0. The summed E-state index contributed by atoms with van der Waals surface area (Å²) in [7, 11) is 0. The minimum atomic E-state index is 0.121. The molecule has 1 atom stereocenters. The Kier molecular flexibility index (Phi) is 4.38. The molecule has 0 bridgehead atoms. The molecule has 0 spiro atoms. The number of rotatable bonds is 5. The smallest absolute Gasteiger partial charge is 0.0631 e. The van der Waals surface area contributed by atoms with E-state index in [0.29, 0.717) is 6.04 Å². The van der Waals surface area contributed by atoms with Crippen LogP contribution in [0.1, 0.15) is 42.6 Å². The van der Waals surface area contributed by atoms with Gasteiger partial charge in [0.1, 0.15) is 0 Å². The normalized spacial score (nSPS) is 12.9. The molecular formula is C16H22N2O. The molecule has 3 nitrogen and oxygen atoms in total. The van der Waals surface area contributed by atoms with Gasteiger partial charge in [-0.25, -0.2) is 0 Å². The standard InChI is InChI=1S/C16H22N2O/c1-12(2)18-8-7-16(17-18)10-15(11-19)14-6-4-5-13(3)9-14/h4-9,12,15,19H,10-11H2,1-3H3. The Morgan fingerprint density at radius 3 is 2.63 bits per heavy atom. The van der Waals surface area contributed by atoms with Crippen molar-refractivity contribution in [2.45, 2.75) is 39.2 Å². The fraction of sp³-hybridized carbons (Fsp3) is 0.438. The first-order valence-electron chi connectivity index (χ1n) is 6.81. The zero-order valence-electron chi connectivity index (χ0n) is 11.9. The lowest BCUT2D eigenvalue weighted by Crippen LogP contribution is -2.09. The second-order valence-electron chi connectivity index (χ2n) is 5.38. The fourth-order valence-electron chi connectivity index (χ4n) is 2.24. The summed E-state index contributed by atoms with van der Waals surface area (Å²) in [5.41, 5.74) is 3.44.